The zero-order chi connectivity index (χ0) is 13.1. The molecule has 0 aliphatic heterocycles. The molecule has 0 aliphatic rings. The highest BCUT2D eigenvalue weighted by molar-refractivity contribution is 6.30. The molecular formula is C12H7ClFN3O. The summed E-state index contributed by atoms with van der Waals surface area (Å²) in [5.74, 6) is -0.0910. The maximum atomic E-state index is 13.0. The molecule has 1 aromatic carbocycles. The van der Waals surface area contributed by atoms with Crippen molar-refractivity contribution in [2.45, 2.75) is 0 Å². The van der Waals surface area contributed by atoms with Gasteiger partial charge in [0.2, 0.25) is 5.88 Å². The first-order valence-corrected chi connectivity index (χ1v) is 5.26. The summed E-state index contributed by atoms with van der Waals surface area (Å²) in [5.41, 5.74) is 6.21. The third kappa shape index (κ3) is 2.50. The molecule has 1 heterocycles. The molecule has 1 aromatic heterocycles. The Kier molecular flexibility index (Phi) is 3.31. The molecule has 6 heteroatoms. The third-order valence-electron chi connectivity index (χ3n) is 2.11. The third-order valence-corrected chi connectivity index (χ3v) is 2.40. The number of ether oxygens (including phenoxy) is 1. The van der Waals surface area contributed by atoms with E-state index in [2.05, 4.69) is 4.98 Å². The second-order valence-corrected chi connectivity index (χ2v) is 3.82. The molecule has 2 rings (SSSR count). The van der Waals surface area contributed by atoms with Gasteiger partial charge in [-0.1, -0.05) is 11.6 Å². The Balaban J connectivity index is 2.29. The van der Waals surface area contributed by atoms with Crippen LogP contribution in [0.2, 0.25) is 5.02 Å². The highest BCUT2D eigenvalue weighted by Crippen LogP contribution is 2.28. The van der Waals surface area contributed by atoms with Crippen LogP contribution in [-0.2, 0) is 0 Å². The van der Waals surface area contributed by atoms with Crippen molar-refractivity contribution in [3.8, 4) is 17.7 Å². The Morgan fingerprint density at radius 2 is 2.17 bits per heavy atom. The van der Waals surface area contributed by atoms with Crippen LogP contribution in [0.4, 0.5) is 10.1 Å². The first-order chi connectivity index (χ1) is 8.60. The molecule has 0 aliphatic carbocycles. The predicted octanol–water partition coefficient (Wildman–Crippen LogP) is 3.12. The summed E-state index contributed by atoms with van der Waals surface area (Å²) >= 11 is 5.62. The van der Waals surface area contributed by atoms with E-state index in [1.54, 1.807) is 0 Å². The van der Waals surface area contributed by atoms with Crippen LogP contribution in [0.15, 0.2) is 30.5 Å². The van der Waals surface area contributed by atoms with E-state index in [0.717, 1.165) is 0 Å². The number of hydrogen-bond acceptors (Lipinski definition) is 4. The van der Waals surface area contributed by atoms with E-state index in [1.165, 1.54) is 30.5 Å². The first-order valence-electron chi connectivity index (χ1n) is 4.88. The minimum absolute atomic E-state index is 0.0558. The van der Waals surface area contributed by atoms with Gasteiger partial charge in [-0.25, -0.2) is 9.37 Å². The molecule has 0 fully saturated rings. The number of rotatable bonds is 2. The molecular weight excluding hydrogens is 257 g/mol. The lowest BCUT2D eigenvalue weighted by atomic mass is 10.3. The van der Waals surface area contributed by atoms with Crippen LogP contribution in [0.5, 0.6) is 11.6 Å². The highest BCUT2D eigenvalue weighted by atomic mass is 35.5. The molecule has 0 radical (unpaired) electrons. The molecule has 18 heavy (non-hydrogen) atoms. The van der Waals surface area contributed by atoms with Gasteiger partial charge in [-0.15, -0.1) is 0 Å². The topological polar surface area (TPSA) is 71.9 Å². The van der Waals surface area contributed by atoms with E-state index < -0.39 is 5.82 Å². The molecule has 0 bridgehead atoms. The lowest BCUT2D eigenvalue weighted by Crippen LogP contribution is -1.96. The number of aromatic nitrogens is 1. The van der Waals surface area contributed by atoms with E-state index in [4.69, 9.17) is 27.3 Å². The van der Waals surface area contributed by atoms with Crippen LogP contribution in [0, 0.1) is 17.1 Å². The molecule has 0 spiro atoms. The van der Waals surface area contributed by atoms with Gasteiger partial charge in [-0.2, -0.15) is 5.26 Å². The maximum Gasteiger partial charge on any atom is 0.242 e. The van der Waals surface area contributed by atoms with Gasteiger partial charge in [0.25, 0.3) is 0 Å². The van der Waals surface area contributed by atoms with Crippen LogP contribution in [-0.4, -0.2) is 4.98 Å². The number of nitrogens with zero attached hydrogens (tertiary/aromatic N) is 2. The Hall–Kier alpha value is -2.32. The highest BCUT2D eigenvalue weighted by Gasteiger charge is 2.07. The summed E-state index contributed by atoms with van der Waals surface area (Å²) in [6, 6.07) is 7.24. The van der Waals surface area contributed by atoms with Crippen LogP contribution < -0.4 is 10.5 Å². The molecule has 2 N–H and O–H groups in total. The Morgan fingerprint density at radius 1 is 1.39 bits per heavy atom. The van der Waals surface area contributed by atoms with Crippen molar-refractivity contribution in [2.75, 3.05) is 5.73 Å². The van der Waals surface area contributed by atoms with Crippen LogP contribution in [0.1, 0.15) is 5.56 Å². The number of hydrogen-bond donors (Lipinski definition) is 1. The van der Waals surface area contributed by atoms with E-state index in [1.807, 2.05) is 6.07 Å². The van der Waals surface area contributed by atoms with Crippen molar-refractivity contribution in [1.82, 2.24) is 4.98 Å². The Labute approximate surface area is 107 Å². The average molecular weight is 264 g/mol. The second-order valence-electron chi connectivity index (χ2n) is 3.41. The number of pyridine rings is 1. The van der Waals surface area contributed by atoms with Gasteiger partial charge >= 0.3 is 0 Å². The van der Waals surface area contributed by atoms with Crippen molar-refractivity contribution < 1.29 is 9.13 Å². The van der Waals surface area contributed by atoms with E-state index in [-0.39, 0.29) is 16.6 Å². The molecule has 0 saturated heterocycles. The number of nitrogen functional groups attached to an aromatic ring is 1. The molecule has 2 aromatic rings. The van der Waals surface area contributed by atoms with Gasteiger partial charge in [-0.05, 0) is 18.2 Å². The number of nitrogens with two attached hydrogens (primary N) is 1. The maximum absolute atomic E-state index is 13.0. The Morgan fingerprint density at radius 3 is 2.78 bits per heavy atom. The SMILES string of the molecule is N#Cc1cnc(Oc2ccc(F)c(Cl)c2)c(N)c1. The molecule has 0 atom stereocenters. The van der Waals surface area contributed by atoms with Crippen molar-refractivity contribution in [1.29, 1.82) is 5.26 Å². The second kappa shape index (κ2) is 4.90. The first kappa shape index (κ1) is 12.1. The minimum Gasteiger partial charge on any atom is -0.437 e. The number of anilines is 1. The van der Waals surface area contributed by atoms with E-state index >= 15 is 0 Å². The molecule has 0 amide bonds. The van der Waals surface area contributed by atoms with Crippen molar-refractivity contribution in [2.24, 2.45) is 0 Å². The fourth-order valence-corrected chi connectivity index (χ4v) is 1.44. The number of nitriles is 1. The quantitative estimate of drug-likeness (QED) is 0.903. The van der Waals surface area contributed by atoms with Crippen LogP contribution >= 0.6 is 11.6 Å². The van der Waals surface area contributed by atoms with Crippen LogP contribution in [0.3, 0.4) is 0 Å². The molecule has 0 unspecified atom stereocenters. The van der Waals surface area contributed by atoms with Gasteiger partial charge in [0.15, 0.2) is 0 Å². The van der Waals surface area contributed by atoms with Gasteiger partial charge in [-0.3, -0.25) is 0 Å². The summed E-state index contributed by atoms with van der Waals surface area (Å²) in [5, 5.41) is 8.61. The monoisotopic (exact) mass is 263 g/mol. The lowest BCUT2D eigenvalue weighted by Gasteiger charge is -2.07. The zero-order valence-corrected chi connectivity index (χ0v) is 9.78. The number of halogens is 2. The summed E-state index contributed by atoms with van der Waals surface area (Å²) in [6.45, 7) is 0. The van der Waals surface area contributed by atoms with E-state index in [9.17, 15) is 4.39 Å². The Bertz CT molecular complexity index is 640. The fraction of sp³-hybridized carbons (Fsp3) is 0. The summed E-state index contributed by atoms with van der Waals surface area (Å²) < 4.78 is 18.3. The number of benzene rings is 1. The summed E-state index contributed by atoms with van der Waals surface area (Å²) in [4.78, 5) is 3.89. The average Bonchev–Trinajstić information content (AvgIpc) is 2.36. The van der Waals surface area contributed by atoms with Gasteiger partial charge < -0.3 is 10.5 Å². The summed E-state index contributed by atoms with van der Waals surface area (Å²) in [6.07, 6.45) is 1.33. The largest absolute Gasteiger partial charge is 0.437 e. The van der Waals surface area contributed by atoms with Gasteiger partial charge in [0.05, 0.1) is 16.3 Å². The van der Waals surface area contributed by atoms with E-state index in [0.29, 0.717) is 11.3 Å². The lowest BCUT2D eigenvalue weighted by molar-refractivity contribution is 0.464. The minimum atomic E-state index is -0.537. The molecule has 90 valence electrons. The van der Waals surface area contributed by atoms with Crippen LogP contribution in [0.25, 0.3) is 0 Å². The standard InChI is InChI=1S/C12H7ClFN3O/c13-9-4-8(1-2-10(9)14)18-12-11(16)3-7(5-15)6-17-12/h1-4,6H,16H2. The van der Waals surface area contributed by atoms with Crippen molar-refractivity contribution in [3.63, 3.8) is 0 Å². The van der Waals surface area contributed by atoms with Gasteiger partial charge in [0.1, 0.15) is 17.6 Å². The van der Waals surface area contributed by atoms with Gasteiger partial charge in [0, 0.05) is 12.3 Å². The summed E-state index contributed by atoms with van der Waals surface area (Å²) in [7, 11) is 0. The molecule has 4 nitrogen and oxygen atoms in total. The smallest absolute Gasteiger partial charge is 0.242 e. The van der Waals surface area contributed by atoms with Crippen molar-refractivity contribution >= 4 is 17.3 Å². The van der Waals surface area contributed by atoms with Crippen molar-refractivity contribution in [3.05, 3.63) is 46.9 Å². The predicted molar refractivity (Wildman–Crippen MR) is 64.8 cm³/mol. The normalized spacial score (nSPS) is 9.83. The molecule has 0 saturated carbocycles. The fourth-order valence-electron chi connectivity index (χ4n) is 1.27. The zero-order valence-electron chi connectivity index (χ0n) is 9.02.